The molecule has 1 saturated carbocycles. The summed E-state index contributed by atoms with van der Waals surface area (Å²) < 4.78 is 0. The van der Waals surface area contributed by atoms with Crippen molar-refractivity contribution in [3.63, 3.8) is 0 Å². The molecule has 2 aliphatic rings. The molecule has 1 aliphatic carbocycles. The summed E-state index contributed by atoms with van der Waals surface area (Å²) in [5.41, 5.74) is 6.00. The van der Waals surface area contributed by atoms with Crippen LogP contribution in [0.25, 0.3) is 0 Å². The van der Waals surface area contributed by atoms with E-state index >= 15 is 0 Å². The van der Waals surface area contributed by atoms with Gasteiger partial charge in [0.25, 0.3) is 5.91 Å². The molecule has 1 aromatic rings. The average molecular weight is 339 g/mol. The van der Waals surface area contributed by atoms with Crippen LogP contribution in [0.3, 0.4) is 0 Å². The molecule has 1 amide bonds. The summed E-state index contributed by atoms with van der Waals surface area (Å²) in [4.78, 5) is 18.7. The number of amides is 1. The van der Waals surface area contributed by atoms with E-state index in [0.717, 1.165) is 30.6 Å². The van der Waals surface area contributed by atoms with E-state index in [-0.39, 0.29) is 36.8 Å². The highest BCUT2D eigenvalue weighted by molar-refractivity contribution is 7.09. The maximum absolute atomic E-state index is 12.0. The van der Waals surface area contributed by atoms with E-state index < -0.39 is 0 Å². The summed E-state index contributed by atoms with van der Waals surface area (Å²) in [6.07, 6.45) is 3.70. The molecule has 5 nitrogen and oxygen atoms in total. The number of thiazole rings is 1. The molecule has 2 fully saturated rings. The van der Waals surface area contributed by atoms with Crippen molar-refractivity contribution < 1.29 is 4.79 Å². The molecule has 0 spiro atoms. The number of hydrogen-bond acceptors (Lipinski definition) is 5. The number of carbonyl (C=O) groups excluding carboxylic acids is 1. The zero-order chi connectivity index (χ0) is 12.5. The van der Waals surface area contributed by atoms with Crippen molar-refractivity contribution in [2.45, 2.75) is 37.9 Å². The lowest BCUT2D eigenvalue weighted by Crippen LogP contribution is -2.37. The first-order valence-electron chi connectivity index (χ1n) is 6.45. The maximum atomic E-state index is 12.0. The molecule has 1 aromatic heterocycles. The van der Waals surface area contributed by atoms with Gasteiger partial charge in [-0.1, -0.05) is 0 Å². The first kappa shape index (κ1) is 17.7. The van der Waals surface area contributed by atoms with Crippen LogP contribution < -0.4 is 11.1 Å². The van der Waals surface area contributed by atoms with Crippen LogP contribution in [-0.4, -0.2) is 41.0 Å². The number of halogens is 2. The van der Waals surface area contributed by atoms with E-state index in [0.29, 0.717) is 12.2 Å². The molecule has 1 unspecified atom stereocenters. The summed E-state index contributed by atoms with van der Waals surface area (Å²) in [5.74, 6) is -0.0615. The van der Waals surface area contributed by atoms with Crippen LogP contribution in [0.2, 0.25) is 0 Å². The second kappa shape index (κ2) is 7.56. The Kier molecular flexibility index (Phi) is 6.68. The predicted molar refractivity (Wildman–Crippen MR) is 85.0 cm³/mol. The van der Waals surface area contributed by atoms with Gasteiger partial charge in [0, 0.05) is 37.1 Å². The van der Waals surface area contributed by atoms with Crippen molar-refractivity contribution in [3.05, 3.63) is 16.1 Å². The highest BCUT2D eigenvalue weighted by Gasteiger charge is 2.34. The summed E-state index contributed by atoms with van der Waals surface area (Å²) in [7, 11) is 0. The topological polar surface area (TPSA) is 71.2 Å². The predicted octanol–water partition coefficient (Wildman–Crippen LogP) is 1.41. The normalized spacial score (nSPS) is 21.9. The molecule has 0 aromatic carbocycles. The molecule has 2 heterocycles. The van der Waals surface area contributed by atoms with Gasteiger partial charge in [0.15, 0.2) is 0 Å². The van der Waals surface area contributed by atoms with Gasteiger partial charge in [-0.2, -0.15) is 0 Å². The molecule has 114 valence electrons. The zero-order valence-corrected chi connectivity index (χ0v) is 13.5. The van der Waals surface area contributed by atoms with Gasteiger partial charge in [-0.15, -0.1) is 36.2 Å². The first-order valence-corrected chi connectivity index (χ1v) is 7.33. The number of rotatable bonds is 4. The van der Waals surface area contributed by atoms with Gasteiger partial charge in [-0.05, 0) is 19.3 Å². The molecule has 8 heteroatoms. The Morgan fingerprint density at radius 3 is 2.80 bits per heavy atom. The summed E-state index contributed by atoms with van der Waals surface area (Å²) >= 11 is 1.44. The Labute approximate surface area is 135 Å². The fourth-order valence-electron chi connectivity index (χ4n) is 2.44. The third-order valence-electron chi connectivity index (χ3n) is 3.58. The quantitative estimate of drug-likeness (QED) is 0.870. The second-order valence-electron chi connectivity index (χ2n) is 5.02. The third-order valence-corrected chi connectivity index (χ3v) is 4.45. The molecule has 3 rings (SSSR count). The lowest BCUT2D eigenvalue weighted by Gasteiger charge is -2.15. The van der Waals surface area contributed by atoms with Crippen LogP contribution in [0.4, 0.5) is 0 Å². The molecular weight excluding hydrogens is 319 g/mol. The van der Waals surface area contributed by atoms with Crippen LogP contribution >= 0.6 is 36.2 Å². The lowest BCUT2D eigenvalue weighted by molar-refractivity contribution is 0.0933. The van der Waals surface area contributed by atoms with E-state index in [9.17, 15) is 4.79 Å². The Morgan fingerprint density at radius 2 is 2.20 bits per heavy atom. The summed E-state index contributed by atoms with van der Waals surface area (Å²) in [5, 5.41) is 5.66. The minimum atomic E-state index is -0.0615. The molecule has 3 N–H and O–H groups in total. The van der Waals surface area contributed by atoms with E-state index in [1.807, 2.05) is 0 Å². The van der Waals surface area contributed by atoms with Crippen LogP contribution in [-0.2, 0) is 6.54 Å². The fourth-order valence-corrected chi connectivity index (χ4v) is 3.10. The van der Waals surface area contributed by atoms with Crippen LogP contribution in [0.5, 0.6) is 0 Å². The van der Waals surface area contributed by atoms with E-state index in [4.69, 9.17) is 5.73 Å². The van der Waals surface area contributed by atoms with E-state index in [1.54, 1.807) is 5.38 Å². The van der Waals surface area contributed by atoms with Gasteiger partial charge in [-0.3, -0.25) is 9.69 Å². The van der Waals surface area contributed by atoms with Gasteiger partial charge in [0.2, 0.25) is 0 Å². The maximum Gasteiger partial charge on any atom is 0.271 e. The summed E-state index contributed by atoms with van der Waals surface area (Å²) in [6.45, 7) is 2.50. The second-order valence-corrected chi connectivity index (χ2v) is 5.96. The molecule has 1 aliphatic heterocycles. The van der Waals surface area contributed by atoms with Gasteiger partial charge < -0.3 is 11.1 Å². The van der Waals surface area contributed by atoms with Crippen molar-refractivity contribution in [2.75, 3.05) is 13.1 Å². The van der Waals surface area contributed by atoms with Crippen molar-refractivity contribution in [3.8, 4) is 0 Å². The van der Waals surface area contributed by atoms with Gasteiger partial charge in [0.05, 0.1) is 0 Å². The SMILES string of the molecule is Cl.Cl.NCc1nc(C(=O)NC2CCN(C3CC3)C2)cs1. The Morgan fingerprint density at radius 1 is 1.45 bits per heavy atom. The molecule has 1 saturated heterocycles. The van der Waals surface area contributed by atoms with Crippen LogP contribution in [0.15, 0.2) is 5.38 Å². The van der Waals surface area contributed by atoms with Crippen molar-refractivity contribution in [1.29, 1.82) is 0 Å². The number of nitrogens with zero attached hydrogens (tertiary/aromatic N) is 2. The Bertz CT molecular complexity index is 452. The van der Waals surface area contributed by atoms with Crippen LogP contribution in [0.1, 0.15) is 34.8 Å². The number of nitrogens with one attached hydrogen (secondary N) is 1. The van der Waals surface area contributed by atoms with Gasteiger partial charge in [0.1, 0.15) is 10.7 Å². The van der Waals surface area contributed by atoms with Crippen molar-refractivity contribution >= 4 is 42.1 Å². The first-order chi connectivity index (χ1) is 8.76. The molecular formula is C12H20Cl2N4OS. The van der Waals surface area contributed by atoms with Crippen LogP contribution in [0, 0.1) is 0 Å². The number of likely N-dealkylation sites (tertiary alicyclic amines) is 1. The molecule has 0 radical (unpaired) electrons. The lowest BCUT2D eigenvalue weighted by atomic mass is 10.2. The van der Waals surface area contributed by atoms with E-state index in [2.05, 4.69) is 15.2 Å². The Balaban J connectivity index is 0.000001000. The summed E-state index contributed by atoms with van der Waals surface area (Å²) in [6, 6.07) is 1.07. The molecule has 0 bridgehead atoms. The number of hydrogen-bond donors (Lipinski definition) is 2. The highest BCUT2D eigenvalue weighted by atomic mass is 35.5. The van der Waals surface area contributed by atoms with Crippen molar-refractivity contribution in [1.82, 2.24) is 15.2 Å². The number of aromatic nitrogens is 1. The Hall–Kier alpha value is -0.400. The smallest absolute Gasteiger partial charge is 0.271 e. The fraction of sp³-hybridized carbons (Fsp3) is 0.667. The monoisotopic (exact) mass is 338 g/mol. The molecule has 1 atom stereocenters. The van der Waals surface area contributed by atoms with Gasteiger partial charge >= 0.3 is 0 Å². The minimum Gasteiger partial charge on any atom is -0.347 e. The van der Waals surface area contributed by atoms with E-state index in [1.165, 1.54) is 24.2 Å². The standard InChI is InChI=1S/C12H18N4OS.2ClH/c13-5-11-15-10(7-18-11)12(17)14-8-3-4-16(6-8)9-1-2-9;;/h7-9H,1-6,13H2,(H,14,17);2*1H. The minimum absolute atomic E-state index is 0. The number of nitrogens with two attached hydrogens (primary N) is 1. The highest BCUT2D eigenvalue weighted by Crippen LogP contribution is 2.29. The average Bonchev–Trinajstić information content (AvgIpc) is 2.93. The molecule has 20 heavy (non-hydrogen) atoms. The number of carbonyl (C=O) groups is 1. The third kappa shape index (κ3) is 4.05. The van der Waals surface area contributed by atoms with Crippen molar-refractivity contribution in [2.24, 2.45) is 5.73 Å². The zero-order valence-electron chi connectivity index (χ0n) is 11.1. The largest absolute Gasteiger partial charge is 0.347 e. The van der Waals surface area contributed by atoms with Gasteiger partial charge in [-0.25, -0.2) is 4.98 Å².